The second-order valence-corrected chi connectivity index (χ2v) is 12.7. The van der Waals surface area contributed by atoms with E-state index in [1.807, 2.05) is 46.9 Å². The highest BCUT2D eigenvalue weighted by molar-refractivity contribution is 6.48. The number of carbonyl (C=O) groups is 4. The Morgan fingerprint density at radius 1 is 1.15 bits per heavy atom. The molecule has 0 bridgehead atoms. The van der Waals surface area contributed by atoms with Crippen LogP contribution in [0.25, 0.3) is 0 Å². The number of imide groups is 1. The average Bonchev–Trinajstić information content (AvgIpc) is 2.70. The number of carboxylic acids is 1. The van der Waals surface area contributed by atoms with Gasteiger partial charge in [0.2, 0.25) is 5.91 Å². The number of fused-ring (bicyclic) bond motifs is 1. The van der Waals surface area contributed by atoms with Crippen molar-refractivity contribution in [3.05, 3.63) is 29.3 Å². The van der Waals surface area contributed by atoms with Crippen molar-refractivity contribution in [1.82, 2.24) is 4.90 Å². The van der Waals surface area contributed by atoms with Gasteiger partial charge in [-0.3, -0.25) is 19.3 Å². The van der Waals surface area contributed by atoms with Gasteiger partial charge in [-0.2, -0.15) is 0 Å². The maximum Gasteiger partial charge on any atom is 0.395 e. The van der Waals surface area contributed by atoms with Gasteiger partial charge in [0.15, 0.2) is 14.8 Å². The van der Waals surface area contributed by atoms with E-state index in [2.05, 4.69) is 0 Å². The zero-order valence-electron chi connectivity index (χ0n) is 20.3. The molecule has 1 N–H and O–H groups in total. The van der Waals surface area contributed by atoms with Gasteiger partial charge in [-0.05, 0) is 62.0 Å². The summed E-state index contributed by atoms with van der Waals surface area (Å²) in [5.74, 6) is -4.64. The first-order valence-corrected chi connectivity index (χ1v) is 14.0. The number of nitrogens with zero attached hydrogens (tertiary/aromatic N) is 1. The van der Waals surface area contributed by atoms with E-state index in [0.717, 1.165) is 10.5 Å². The summed E-state index contributed by atoms with van der Waals surface area (Å²) >= 11 is 0. The Morgan fingerprint density at radius 3 is 2.30 bits per heavy atom. The first kappa shape index (κ1) is 25.1. The van der Waals surface area contributed by atoms with E-state index in [1.54, 1.807) is 19.2 Å². The third-order valence-electron chi connectivity index (χ3n) is 7.16. The van der Waals surface area contributed by atoms with Crippen LogP contribution in [-0.2, 0) is 25.2 Å². The van der Waals surface area contributed by atoms with Crippen molar-refractivity contribution >= 4 is 32.6 Å². The van der Waals surface area contributed by atoms with Crippen molar-refractivity contribution in [2.24, 2.45) is 17.3 Å². The third kappa shape index (κ3) is 4.12. The van der Waals surface area contributed by atoms with E-state index in [0.29, 0.717) is 24.2 Å². The van der Waals surface area contributed by atoms with E-state index in [4.69, 9.17) is 9.16 Å². The first-order chi connectivity index (χ1) is 15.2. The molecule has 0 radical (unpaired) electrons. The number of hydrogen-bond donors (Lipinski definition) is 1. The normalized spacial score (nSPS) is 24.7. The molecule has 2 amide bonds. The highest BCUT2D eigenvalue weighted by atomic mass is 28.3. The van der Waals surface area contributed by atoms with E-state index in [1.165, 1.54) is 0 Å². The van der Waals surface area contributed by atoms with Crippen molar-refractivity contribution in [3.63, 3.8) is 0 Å². The minimum atomic E-state index is -1.71. The summed E-state index contributed by atoms with van der Waals surface area (Å²) in [5, 5.41) is 9.36. The number of methoxy groups -OCH3 is 1. The molecule has 9 heteroatoms. The minimum absolute atomic E-state index is 0.192. The molecule has 180 valence electrons. The maximum absolute atomic E-state index is 13.6. The second kappa shape index (κ2) is 8.68. The predicted molar refractivity (Wildman–Crippen MR) is 124 cm³/mol. The Kier molecular flexibility index (Phi) is 6.60. The lowest BCUT2D eigenvalue weighted by Gasteiger charge is -2.59. The molecular weight excluding hydrogens is 442 g/mol. The van der Waals surface area contributed by atoms with Gasteiger partial charge in [-0.15, -0.1) is 0 Å². The summed E-state index contributed by atoms with van der Waals surface area (Å²) < 4.78 is 11.7. The van der Waals surface area contributed by atoms with Crippen LogP contribution >= 0.6 is 0 Å². The van der Waals surface area contributed by atoms with E-state index in [-0.39, 0.29) is 5.78 Å². The Labute approximate surface area is 196 Å². The van der Waals surface area contributed by atoms with Gasteiger partial charge >= 0.3 is 11.9 Å². The lowest BCUT2D eigenvalue weighted by Crippen LogP contribution is -2.76. The molecule has 8 nitrogen and oxygen atoms in total. The summed E-state index contributed by atoms with van der Waals surface area (Å²) in [5.41, 5.74) is -0.0995. The molecule has 1 aromatic carbocycles. The van der Waals surface area contributed by atoms with Gasteiger partial charge in [0.05, 0.1) is 24.7 Å². The summed E-state index contributed by atoms with van der Waals surface area (Å²) in [6.45, 7) is 11.7. The van der Waals surface area contributed by atoms with Crippen molar-refractivity contribution in [2.75, 3.05) is 7.11 Å². The van der Waals surface area contributed by atoms with Gasteiger partial charge < -0.3 is 14.3 Å². The fourth-order valence-corrected chi connectivity index (χ4v) is 6.62. The summed E-state index contributed by atoms with van der Waals surface area (Å²) in [7, 11) is -0.0874. The Morgan fingerprint density at radius 2 is 1.79 bits per heavy atom. The largest absolute Gasteiger partial charge is 0.497 e. The van der Waals surface area contributed by atoms with Gasteiger partial charge in [-0.25, -0.2) is 4.79 Å². The number of β-lactam (4-membered cyclic amide) rings is 1. The topological polar surface area (TPSA) is 110 Å². The molecule has 1 aliphatic heterocycles. The molecule has 4 atom stereocenters. The lowest BCUT2D eigenvalue weighted by molar-refractivity contribution is -0.196. The number of ketones is 1. The zero-order chi connectivity index (χ0) is 24.9. The fourth-order valence-electron chi connectivity index (χ4n) is 5.14. The van der Waals surface area contributed by atoms with Gasteiger partial charge in [-0.1, -0.05) is 20.8 Å². The lowest BCUT2D eigenvalue weighted by atomic mass is 9.59. The number of aliphatic carboxylic acids is 1. The number of rotatable bonds is 5. The molecule has 1 heterocycles. The SMILES string of the molecule is COc1ccc2c(c1)CC[C@H]([C@@H]1[C@@H]([C@@](C)(O[SiH](C)C)C(C)(C)C)C(=O)N1C(=O)C(=O)O)C2=O. The van der Waals surface area contributed by atoms with Crippen LogP contribution < -0.4 is 4.74 Å². The number of amides is 2. The standard InChI is InChI=1S/C24H33NO7Si/c1-23(2,3)24(4,32-33(6)7)17-18(25(20(17)27)21(28)22(29)30)16-10-8-13-12-14(31-5)9-11-15(13)19(16)26/h9,11-12,16-18,33H,8,10H2,1-7H3,(H,29,30)/t16-,17-,18-,24-/m1/s1. The minimum Gasteiger partial charge on any atom is -0.497 e. The molecule has 0 spiro atoms. The van der Waals surface area contributed by atoms with E-state index >= 15 is 0 Å². The zero-order valence-corrected chi connectivity index (χ0v) is 21.5. The van der Waals surface area contributed by atoms with Crippen LogP contribution in [0, 0.1) is 17.3 Å². The van der Waals surface area contributed by atoms with E-state index < -0.39 is 55.7 Å². The van der Waals surface area contributed by atoms with Crippen molar-refractivity contribution in [1.29, 1.82) is 0 Å². The first-order valence-electron chi connectivity index (χ1n) is 11.2. The quantitative estimate of drug-likeness (QED) is 0.396. The number of aryl methyl sites for hydroxylation is 1. The summed E-state index contributed by atoms with van der Waals surface area (Å²) in [6, 6.07) is 4.35. The Bertz CT molecular complexity index is 999. The van der Waals surface area contributed by atoms with Gasteiger partial charge in [0, 0.05) is 11.5 Å². The van der Waals surface area contributed by atoms with Crippen LogP contribution in [0.4, 0.5) is 0 Å². The van der Waals surface area contributed by atoms with Crippen molar-refractivity contribution in [3.8, 4) is 5.75 Å². The van der Waals surface area contributed by atoms with Crippen LogP contribution in [0.1, 0.15) is 50.0 Å². The predicted octanol–water partition coefficient (Wildman–Crippen LogP) is 2.68. The summed E-state index contributed by atoms with van der Waals surface area (Å²) in [6.07, 6.45) is 0.956. The molecule has 0 unspecified atom stereocenters. The maximum atomic E-state index is 13.6. The number of ether oxygens (including phenoxy) is 1. The molecule has 1 aliphatic carbocycles. The van der Waals surface area contributed by atoms with Crippen LogP contribution in [-0.4, -0.2) is 61.4 Å². The molecule has 1 aromatic rings. The Hall–Kier alpha value is -2.52. The van der Waals surface area contributed by atoms with Crippen LogP contribution in [0.5, 0.6) is 5.75 Å². The van der Waals surface area contributed by atoms with Crippen LogP contribution in [0.3, 0.4) is 0 Å². The number of carboxylic acid groups (broad SMARTS) is 1. The number of carbonyl (C=O) groups excluding carboxylic acids is 3. The van der Waals surface area contributed by atoms with Crippen molar-refractivity contribution < 1.29 is 33.4 Å². The van der Waals surface area contributed by atoms with Crippen molar-refractivity contribution in [2.45, 2.75) is 65.3 Å². The molecule has 33 heavy (non-hydrogen) atoms. The number of benzene rings is 1. The second-order valence-electron chi connectivity index (χ2n) is 10.3. The van der Waals surface area contributed by atoms with Gasteiger partial charge in [0.25, 0.3) is 0 Å². The highest BCUT2D eigenvalue weighted by Gasteiger charge is 2.66. The average molecular weight is 476 g/mol. The fraction of sp³-hybridized carbons (Fsp3) is 0.583. The molecular formula is C24H33NO7Si. The smallest absolute Gasteiger partial charge is 0.395 e. The molecule has 0 aromatic heterocycles. The Balaban J connectivity index is 2.09. The third-order valence-corrected chi connectivity index (χ3v) is 8.12. The molecule has 0 saturated carbocycles. The highest BCUT2D eigenvalue weighted by Crippen LogP contribution is 2.51. The van der Waals surface area contributed by atoms with Crippen LogP contribution in [0.15, 0.2) is 18.2 Å². The monoisotopic (exact) mass is 475 g/mol. The van der Waals surface area contributed by atoms with Gasteiger partial charge in [0.1, 0.15) is 5.75 Å². The summed E-state index contributed by atoms with van der Waals surface area (Å²) in [4.78, 5) is 51.7. The molecule has 2 aliphatic rings. The molecule has 1 saturated heterocycles. The molecule has 3 rings (SSSR count). The number of hydrogen-bond acceptors (Lipinski definition) is 6. The number of likely N-dealkylation sites (tertiary alicyclic amines) is 1. The van der Waals surface area contributed by atoms with Crippen LogP contribution in [0.2, 0.25) is 13.1 Å². The van der Waals surface area contributed by atoms with E-state index in [9.17, 15) is 24.3 Å². The number of Topliss-reactive ketones (excluding diaryl/α,β-unsaturated/α-hetero) is 1. The molecule has 1 fully saturated rings.